The molecular weight excluding hydrogens is 120 g/mol. The van der Waals surface area contributed by atoms with Crippen LogP contribution in [0.1, 0.15) is 19.8 Å². The average Bonchev–Trinajstić information content (AvgIpc) is 2.44. The zero-order chi connectivity index (χ0) is 7.14. The summed E-state index contributed by atoms with van der Waals surface area (Å²) in [6, 6.07) is 0. The highest BCUT2D eigenvalue weighted by atomic mass is 14.4. The molecule has 0 heterocycles. The molecule has 0 aliphatic heterocycles. The van der Waals surface area contributed by atoms with Gasteiger partial charge in [-0.25, -0.2) is 0 Å². The van der Waals surface area contributed by atoms with E-state index < -0.39 is 0 Å². The van der Waals surface area contributed by atoms with Gasteiger partial charge in [-0.3, -0.25) is 0 Å². The Morgan fingerprint density at radius 3 is 2.80 bits per heavy atom. The molecule has 2 rings (SSSR count). The fraction of sp³-hybridized carbons (Fsp3) is 0.600. The minimum absolute atomic E-state index is 0.801. The highest BCUT2D eigenvalue weighted by Crippen LogP contribution is 2.47. The molecule has 0 spiro atoms. The summed E-state index contributed by atoms with van der Waals surface area (Å²) in [7, 11) is 0. The van der Waals surface area contributed by atoms with Crippen LogP contribution in [0.25, 0.3) is 0 Å². The van der Waals surface area contributed by atoms with E-state index >= 15 is 0 Å². The molecule has 0 nitrogen and oxygen atoms in total. The molecule has 54 valence electrons. The van der Waals surface area contributed by atoms with Crippen LogP contribution < -0.4 is 0 Å². The van der Waals surface area contributed by atoms with Crippen molar-refractivity contribution in [1.29, 1.82) is 0 Å². The topological polar surface area (TPSA) is 0 Å². The van der Waals surface area contributed by atoms with Crippen molar-refractivity contribution >= 4 is 0 Å². The van der Waals surface area contributed by atoms with Crippen molar-refractivity contribution in [3.05, 3.63) is 24.3 Å². The summed E-state index contributed by atoms with van der Waals surface area (Å²) in [5.74, 6) is 2.56. The Morgan fingerprint density at radius 1 is 1.60 bits per heavy atom. The highest BCUT2D eigenvalue weighted by Gasteiger charge is 2.36. The minimum atomic E-state index is 0.801. The first kappa shape index (κ1) is 6.21. The van der Waals surface area contributed by atoms with E-state index in [-0.39, 0.29) is 0 Å². The molecule has 0 aromatic rings. The van der Waals surface area contributed by atoms with Crippen molar-refractivity contribution < 1.29 is 0 Å². The van der Waals surface area contributed by atoms with Crippen LogP contribution in [0.5, 0.6) is 0 Å². The van der Waals surface area contributed by atoms with E-state index in [1.54, 1.807) is 5.57 Å². The lowest BCUT2D eigenvalue weighted by atomic mass is 9.88. The lowest BCUT2D eigenvalue weighted by Crippen LogP contribution is -2.06. The van der Waals surface area contributed by atoms with E-state index in [1.807, 2.05) is 0 Å². The van der Waals surface area contributed by atoms with E-state index in [1.165, 1.54) is 12.8 Å². The summed E-state index contributed by atoms with van der Waals surface area (Å²) >= 11 is 0. The molecule has 0 N–H and O–H groups in total. The third-order valence-corrected chi connectivity index (χ3v) is 3.03. The maximum atomic E-state index is 3.87. The number of rotatable bonds is 1. The Labute approximate surface area is 62.6 Å². The van der Waals surface area contributed by atoms with Gasteiger partial charge in [0, 0.05) is 0 Å². The van der Waals surface area contributed by atoms with Crippen LogP contribution in [-0.2, 0) is 0 Å². The molecule has 3 unspecified atom stereocenters. The van der Waals surface area contributed by atoms with E-state index in [2.05, 4.69) is 25.7 Å². The number of hydrogen-bond acceptors (Lipinski definition) is 0. The van der Waals surface area contributed by atoms with Gasteiger partial charge in [-0.2, -0.15) is 0 Å². The van der Waals surface area contributed by atoms with Gasteiger partial charge < -0.3 is 0 Å². The molecule has 2 aliphatic rings. The second-order valence-electron chi connectivity index (χ2n) is 3.65. The molecule has 0 radical (unpaired) electrons. The predicted molar refractivity (Wildman–Crippen MR) is 43.7 cm³/mol. The molecule has 1 saturated carbocycles. The smallest absolute Gasteiger partial charge is 0.0137 e. The van der Waals surface area contributed by atoms with Gasteiger partial charge in [0.05, 0.1) is 0 Å². The van der Waals surface area contributed by atoms with Crippen LogP contribution in [0, 0.1) is 17.8 Å². The first-order valence-electron chi connectivity index (χ1n) is 4.12. The predicted octanol–water partition coefficient (Wildman–Crippen LogP) is 2.77. The summed E-state index contributed by atoms with van der Waals surface area (Å²) in [5, 5.41) is 0. The number of hydrogen-bond donors (Lipinski definition) is 0. The van der Waals surface area contributed by atoms with Gasteiger partial charge in [0.2, 0.25) is 0 Å². The van der Waals surface area contributed by atoms with E-state index in [4.69, 9.17) is 0 Å². The lowest BCUT2D eigenvalue weighted by molar-refractivity contribution is 0.525. The molecule has 0 saturated heterocycles. The normalized spacial score (nSPS) is 43.7. The molecular formula is C10H14. The van der Waals surface area contributed by atoms with Crippen molar-refractivity contribution in [3.8, 4) is 0 Å². The van der Waals surface area contributed by atoms with Gasteiger partial charge in [0.15, 0.2) is 0 Å². The standard InChI is InChI=1S/C10H14/c1-3-9-5-8-4-7(2)10(9)6-8/h3-4,8-10H,1,5-6H2,2H3. The molecule has 0 amide bonds. The molecule has 10 heavy (non-hydrogen) atoms. The van der Waals surface area contributed by atoms with Crippen molar-refractivity contribution in [3.63, 3.8) is 0 Å². The second-order valence-corrected chi connectivity index (χ2v) is 3.65. The maximum absolute atomic E-state index is 3.87. The van der Waals surface area contributed by atoms with Crippen LogP contribution in [0.4, 0.5) is 0 Å². The van der Waals surface area contributed by atoms with Crippen LogP contribution in [0.15, 0.2) is 24.3 Å². The molecule has 0 heteroatoms. The third-order valence-electron chi connectivity index (χ3n) is 3.03. The fourth-order valence-corrected chi connectivity index (χ4v) is 2.53. The van der Waals surface area contributed by atoms with Gasteiger partial charge in [0.25, 0.3) is 0 Å². The SMILES string of the molecule is C=CC1CC2C=C(C)C1C2. The van der Waals surface area contributed by atoms with Gasteiger partial charge in [-0.05, 0) is 37.5 Å². The quantitative estimate of drug-likeness (QED) is 0.484. The minimum Gasteiger partial charge on any atom is -0.103 e. The van der Waals surface area contributed by atoms with Crippen LogP contribution in [-0.4, -0.2) is 0 Å². The Hall–Kier alpha value is -0.520. The molecule has 2 bridgehead atoms. The van der Waals surface area contributed by atoms with Crippen LogP contribution in [0.2, 0.25) is 0 Å². The summed E-state index contributed by atoms with van der Waals surface area (Å²) in [5.41, 5.74) is 1.61. The Balaban J connectivity index is 2.23. The summed E-state index contributed by atoms with van der Waals surface area (Å²) in [6.45, 7) is 6.13. The van der Waals surface area contributed by atoms with Gasteiger partial charge in [-0.15, -0.1) is 6.58 Å². The maximum Gasteiger partial charge on any atom is -0.0137 e. The first-order valence-corrected chi connectivity index (χ1v) is 4.12. The van der Waals surface area contributed by atoms with Gasteiger partial charge in [0.1, 0.15) is 0 Å². The van der Waals surface area contributed by atoms with Crippen molar-refractivity contribution in [1.82, 2.24) is 0 Å². The number of allylic oxidation sites excluding steroid dienone is 3. The van der Waals surface area contributed by atoms with Crippen LogP contribution in [0.3, 0.4) is 0 Å². The third kappa shape index (κ3) is 0.681. The molecule has 0 aromatic heterocycles. The monoisotopic (exact) mass is 134 g/mol. The Morgan fingerprint density at radius 2 is 2.40 bits per heavy atom. The zero-order valence-corrected chi connectivity index (χ0v) is 6.51. The lowest BCUT2D eigenvalue weighted by Gasteiger charge is -2.17. The van der Waals surface area contributed by atoms with E-state index in [0.717, 1.165) is 17.8 Å². The first-order chi connectivity index (χ1) is 4.81. The number of fused-ring (bicyclic) bond motifs is 2. The summed E-state index contributed by atoms with van der Waals surface area (Å²) in [4.78, 5) is 0. The zero-order valence-electron chi connectivity index (χ0n) is 6.51. The Kier molecular flexibility index (Phi) is 1.23. The average molecular weight is 134 g/mol. The van der Waals surface area contributed by atoms with E-state index in [0.29, 0.717) is 0 Å². The van der Waals surface area contributed by atoms with Crippen molar-refractivity contribution in [2.75, 3.05) is 0 Å². The molecule has 2 aliphatic carbocycles. The van der Waals surface area contributed by atoms with Crippen LogP contribution >= 0.6 is 0 Å². The van der Waals surface area contributed by atoms with Crippen molar-refractivity contribution in [2.24, 2.45) is 17.8 Å². The molecule has 1 fully saturated rings. The highest BCUT2D eigenvalue weighted by molar-refractivity contribution is 5.21. The van der Waals surface area contributed by atoms with Gasteiger partial charge >= 0.3 is 0 Å². The van der Waals surface area contributed by atoms with Gasteiger partial charge in [-0.1, -0.05) is 17.7 Å². The second kappa shape index (κ2) is 1.98. The largest absolute Gasteiger partial charge is 0.103 e. The van der Waals surface area contributed by atoms with Crippen molar-refractivity contribution in [2.45, 2.75) is 19.8 Å². The molecule has 0 aromatic carbocycles. The summed E-state index contributed by atoms with van der Waals surface area (Å²) < 4.78 is 0. The fourth-order valence-electron chi connectivity index (χ4n) is 2.53. The Bertz CT molecular complexity index is 188. The molecule has 3 atom stereocenters. The summed E-state index contributed by atoms with van der Waals surface area (Å²) in [6.07, 6.45) is 7.36. The van der Waals surface area contributed by atoms with E-state index in [9.17, 15) is 0 Å².